The molecule has 0 saturated carbocycles. The topological polar surface area (TPSA) is 124 Å². The molecule has 5 rings (SSSR count). The molecule has 0 N–H and O–H groups in total. The number of carbonyl (C=O) groups is 4. The minimum atomic E-state index is -1.42. The molecule has 1 aliphatic rings. The zero-order valence-corrected chi connectivity index (χ0v) is 20.7. The highest BCUT2D eigenvalue weighted by molar-refractivity contribution is 6.35. The average molecular weight is 541 g/mol. The van der Waals surface area contributed by atoms with E-state index in [0.29, 0.717) is 5.02 Å². The second kappa shape index (κ2) is 10.3. The predicted octanol–water partition coefficient (Wildman–Crippen LogP) is 5.83. The maximum absolute atomic E-state index is 13.3. The zero-order chi connectivity index (χ0) is 27.7. The van der Waals surface area contributed by atoms with Crippen molar-refractivity contribution in [3.63, 3.8) is 0 Å². The van der Waals surface area contributed by atoms with Crippen LogP contribution in [0.4, 0.5) is 11.4 Å². The molecular weight excluding hydrogens is 524 g/mol. The Morgan fingerprint density at radius 1 is 0.795 bits per heavy atom. The van der Waals surface area contributed by atoms with Gasteiger partial charge in [-0.2, -0.15) is 0 Å². The van der Waals surface area contributed by atoms with E-state index in [0.717, 1.165) is 4.90 Å². The number of nitrogens with zero attached hydrogens (tertiary/aromatic N) is 2. The molecule has 9 nitrogen and oxygen atoms in total. The van der Waals surface area contributed by atoms with Crippen molar-refractivity contribution in [2.24, 2.45) is 0 Å². The molecule has 39 heavy (non-hydrogen) atoms. The molecule has 0 saturated heterocycles. The van der Waals surface area contributed by atoms with Crippen molar-refractivity contribution in [1.82, 2.24) is 0 Å². The van der Waals surface area contributed by atoms with Crippen LogP contribution >= 0.6 is 11.6 Å². The third-order valence-electron chi connectivity index (χ3n) is 6.12. The van der Waals surface area contributed by atoms with Crippen LogP contribution in [-0.4, -0.2) is 28.5 Å². The molecule has 2 amide bonds. The normalized spacial score (nSPS) is 13.1. The van der Waals surface area contributed by atoms with Crippen molar-refractivity contribution in [2.45, 2.75) is 6.10 Å². The number of rotatable bonds is 7. The van der Waals surface area contributed by atoms with Gasteiger partial charge in [0.1, 0.15) is 0 Å². The molecule has 0 spiro atoms. The summed E-state index contributed by atoms with van der Waals surface area (Å²) < 4.78 is 5.60. The summed E-state index contributed by atoms with van der Waals surface area (Å²) in [4.78, 5) is 64.0. The number of benzene rings is 4. The summed E-state index contributed by atoms with van der Waals surface area (Å²) >= 11 is 6.02. The van der Waals surface area contributed by atoms with Crippen molar-refractivity contribution < 1.29 is 28.8 Å². The molecule has 0 fully saturated rings. The van der Waals surface area contributed by atoms with E-state index in [-0.39, 0.29) is 39.2 Å². The fourth-order valence-electron chi connectivity index (χ4n) is 4.19. The summed E-state index contributed by atoms with van der Waals surface area (Å²) in [6, 6.07) is 23.4. The summed E-state index contributed by atoms with van der Waals surface area (Å²) in [5, 5.41) is 11.4. The first kappa shape index (κ1) is 25.5. The maximum atomic E-state index is 13.3. The Kier molecular flexibility index (Phi) is 6.74. The Morgan fingerprint density at radius 2 is 1.49 bits per heavy atom. The molecule has 0 aliphatic carbocycles. The Labute approximate surface area is 226 Å². The first-order valence-electron chi connectivity index (χ1n) is 11.6. The lowest BCUT2D eigenvalue weighted by Gasteiger charge is -2.17. The first-order chi connectivity index (χ1) is 18.7. The summed E-state index contributed by atoms with van der Waals surface area (Å²) in [6.45, 7) is 0. The Hall–Kier alpha value is -5.15. The van der Waals surface area contributed by atoms with E-state index in [9.17, 15) is 29.3 Å². The van der Waals surface area contributed by atoms with Gasteiger partial charge in [-0.1, -0.05) is 48.0 Å². The standard InChI is InChI=1S/C29H17ClN2O7/c30-20-7-4-8-22(16-20)31-27(34)23-14-11-19(15-24(23)28(31)35)29(36)39-26(25(33)17-5-2-1-3-6-17)18-9-12-21(13-10-18)32(37)38/h1-16,26H/t26-/m1/s1. The fraction of sp³-hybridized carbons (Fsp3) is 0.0345. The number of ketones is 1. The molecule has 1 atom stereocenters. The quantitative estimate of drug-likeness (QED) is 0.0949. The molecule has 4 aromatic carbocycles. The van der Waals surface area contributed by atoms with Gasteiger partial charge in [0.25, 0.3) is 17.5 Å². The SMILES string of the molecule is O=C(O[C@@H](C(=O)c1ccccc1)c1ccc([N+](=O)[O-])cc1)c1ccc2c(c1)C(=O)N(c1cccc(Cl)c1)C2=O. The van der Waals surface area contributed by atoms with E-state index in [4.69, 9.17) is 16.3 Å². The molecule has 4 aromatic rings. The van der Waals surface area contributed by atoms with Gasteiger partial charge < -0.3 is 4.74 Å². The van der Waals surface area contributed by atoms with Crippen LogP contribution in [0.3, 0.4) is 0 Å². The highest BCUT2D eigenvalue weighted by atomic mass is 35.5. The molecule has 1 aliphatic heterocycles. The van der Waals surface area contributed by atoms with Gasteiger partial charge in [-0.05, 0) is 48.5 Å². The number of Topliss-reactive ketones (excluding diaryl/α,β-unsaturated/α-hetero) is 1. The number of nitro benzene ring substituents is 1. The largest absolute Gasteiger partial charge is 0.445 e. The Bertz CT molecular complexity index is 1650. The van der Waals surface area contributed by atoms with Gasteiger partial charge in [-0.15, -0.1) is 0 Å². The van der Waals surface area contributed by atoms with E-state index >= 15 is 0 Å². The van der Waals surface area contributed by atoms with Crippen molar-refractivity contribution in [2.75, 3.05) is 4.90 Å². The molecule has 192 valence electrons. The summed E-state index contributed by atoms with van der Waals surface area (Å²) in [5.74, 6) is -2.68. The number of nitro groups is 1. The van der Waals surface area contributed by atoms with Gasteiger partial charge in [-0.25, -0.2) is 9.69 Å². The van der Waals surface area contributed by atoms with Gasteiger partial charge in [0, 0.05) is 28.3 Å². The third kappa shape index (κ3) is 4.90. The Balaban J connectivity index is 1.46. The number of hydrogen-bond acceptors (Lipinski definition) is 7. The van der Waals surface area contributed by atoms with Crippen LogP contribution < -0.4 is 4.90 Å². The zero-order valence-electron chi connectivity index (χ0n) is 19.9. The number of anilines is 1. The number of ether oxygens (including phenoxy) is 1. The summed E-state index contributed by atoms with van der Waals surface area (Å²) in [5.41, 5.74) is 0.615. The van der Waals surface area contributed by atoms with Crippen molar-refractivity contribution in [3.05, 3.63) is 140 Å². The van der Waals surface area contributed by atoms with Crippen molar-refractivity contribution in [1.29, 1.82) is 0 Å². The second-order valence-electron chi connectivity index (χ2n) is 8.55. The second-order valence-corrected chi connectivity index (χ2v) is 8.99. The predicted molar refractivity (Wildman–Crippen MR) is 141 cm³/mol. The minimum absolute atomic E-state index is 0.00398. The minimum Gasteiger partial charge on any atom is -0.445 e. The number of imide groups is 1. The lowest BCUT2D eigenvalue weighted by molar-refractivity contribution is -0.384. The monoisotopic (exact) mass is 540 g/mol. The van der Waals surface area contributed by atoms with Crippen LogP contribution in [0.25, 0.3) is 0 Å². The van der Waals surface area contributed by atoms with Crippen LogP contribution in [-0.2, 0) is 4.74 Å². The number of hydrogen-bond donors (Lipinski definition) is 0. The van der Waals surface area contributed by atoms with E-state index in [1.54, 1.807) is 48.5 Å². The van der Waals surface area contributed by atoms with Gasteiger partial charge in [0.05, 0.1) is 27.3 Å². The lowest BCUT2D eigenvalue weighted by atomic mass is 9.99. The number of non-ortho nitro benzene ring substituents is 1. The van der Waals surface area contributed by atoms with Crippen molar-refractivity contribution >= 4 is 46.5 Å². The molecule has 0 bridgehead atoms. The number of amides is 2. The van der Waals surface area contributed by atoms with E-state index in [2.05, 4.69) is 0 Å². The molecule has 0 aromatic heterocycles. The van der Waals surface area contributed by atoms with E-state index in [1.165, 1.54) is 48.5 Å². The van der Waals surface area contributed by atoms with Crippen LogP contribution in [0.15, 0.2) is 97.1 Å². The summed E-state index contributed by atoms with van der Waals surface area (Å²) in [6.07, 6.45) is -1.42. The molecule has 10 heteroatoms. The van der Waals surface area contributed by atoms with Crippen LogP contribution in [0.1, 0.15) is 53.1 Å². The van der Waals surface area contributed by atoms with E-state index < -0.39 is 34.6 Å². The number of halogens is 1. The Morgan fingerprint density at radius 3 is 2.15 bits per heavy atom. The van der Waals surface area contributed by atoms with Crippen molar-refractivity contribution in [3.8, 4) is 0 Å². The van der Waals surface area contributed by atoms with Crippen LogP contribution in [0.2, 0.25) is 5.02 Å². The number of carbonyl (C=O) groups excluding carboxylic acids is 4. The molecule has 0 radical (unpaired) electrons. The number of esters is 1. The highest BCUT2D eigenvalue weighted by Crippen LogP contribution is 2.32. The highest BCUT2D eigenvalue weighted by Gasteiger charge is 2.38. The molecular formula is C29H17ClN2O7. The first-order valence-corrected chi connectivity index (χ1v) is 12.0. The third-order valence-corrected chi connectivity index (χ3v) is 6.35. The average Bonchev–Trinajstić information content (AvgIpc) is 3.20. The van der Waals surface area contributed by atoms with Gasteiger partial charge in [0.15, 0.2) is 6.10 Å². The number of fused-ring (bicyclic) bond motifs is 1. The van der Waals surface area contributed by atoms with Crippen LogP contribution in [0, 0.1) is 10.1 Å². The molecule has 0 unspecified atom stereocenters. The maximum Gasteiger partial charge on any atom is 0.339 e. The smallest absolute Gasteiger partial charge is 0.339 e. The lowest BCUT2D eigenvalue weighted by Crippen LogP contribution is -2.29. The summed E-state index contributed by atoms with van der Waals surface area (Å²) in [7, 11) is 0. The van der Waals surface area contributed by atoms with Gasteiger partial charge >= 0.3 is 5.97 Å². The van der Waals surface area contributed by atoms with Gasteiger partial charge in [-0.3, -0.25) is 24.5 Å². The van der Waals surface area contributed by atoms with Crippen LogP contribution in [0.5, 0.6) is 0 Å². The van der Waals surface area contributed by atoms with Gasteiger partial charge in [0.2, 0.25) is 5.78 Å². The van der Waals surface area contributed by atoms with E-state index in [1.807, 2.05) is 0 Å². The molecule has 1 heterocycles. The fourth-order valence-corrected chi connectivity index (χ4v) is 4.37.